The van der Waals surface area contributed by atoms with Gasteiger partial charge in [0.2, 0.25) is 0 Å². The van der Waals surface area contributed by atoms with Gasteiger partial charge in [-0.3, -0.25) is 4.79 Å². The van der Waals surface area contributed by atoms with Gasteiger partial charge in [-0.05, 0) is 48.3 Å². The van der Waals surface area contributed by atoms with Gasteiger partial charge in [0.1, 0.15) is 5.82 Å². The van der Waals surface area contributed by atoms with Crippen molar-refractivity contribution in [2.45, 2.75) is 24.2 Å². The van der Waals surface area contributed by atoms with Crippen LogP contribution in [0, 0.1) is 11.2 Å². The van der Waals surface area contributed by atoms with E-state index < -0.39 is 0 Å². The molecular weight excluding hydrogens is 295 g/mol. The number of thioether (sulfide) groups is 2. The van der Waals surface area contributed by atoms with Crippen molar-refractivity contribution in [2.24, 2.45) is 5.41 Å². The molecule has 2 rings (SSSR count). The summed E-state index contributed by atoms with van der Waals surface area (Å²) in [5.41, 5.74) is 0.207. The minimum absolute atomic E-state index is 0.0937. The Labute approximate surface area is 127 Å². The maximum atomic E-state index is 12.8. The summed E-state index contributed by atoms with van der Waals surface area (Å²) in [4.78, 5) is 12.4. The molecule has 0 radical (unpaired) electrons. The Kier molecular flexibility index (Phi) is 5.78. The number of esters is 1. The molecular formula is C15H19FO2S2. The molecule has 1 saturated carbocycles. The molecule has 0 heterocycles. The molecule has 1 aromatic rings. The number of methoxy groups -OCH3 is 1. The molecule has 0 spiro atoms. The zero-order valence-corrected chi connectivity index (χ0v) is 13.2. The topological polar surface area (TPSA) is 26.3 Å². The van der Waals surface area contributed by atoms with E-state index in [4.69, 9.17) is 4.74 Å². The molecule has 0 atom stereocenters. The molecule has 0 amide bonds. The van der Waals surface area contributed by atoms with Crippen LogP contribution in [0.5, 0.6) is 0 Å². The summed E-state index contributed by atoms with van der Waals surface area (Å²) >= 11 is 3.63. The lowest BCUT2D eigenvalue weighted by atomic mass is 10.1. The van der Waals surface area contributed by atoms with Gasteiger partial charge in [0.15, 0.2) is 0 Å². The molecule has 0 aliphatic heterocycles. The van der Waals surface area contributed by atoms with Crippen LogP contribution in [-0.4, -0.2) is 30.3 Å². The summed E-state index contributed by atoms with van der Waals surface area (Å²) in [5, 5.41) is 0. The van der Waals surface area contributed by atoms with Crippen LogP contribution < -0.4 is 0 Å². The van der Waals surface area contributed by atoms with E-state index in [1.165, 1.54) is 19.2 Å². The van der Waals surface area contributed by atoms with Gasteiger partial charge in [-0.2, -0.15) is 11.8 Å². The lowest BCUT2D eigenvalue weighted by molar-refractivity contribution is -0.141. The molecule has 0 unspecified atom stereocenters. The second kappa shape index (κ2) is 7.36. The minimum atomic E-state index is -0.192. The second-order valence-electron chi connectivity index (χ2n) is 5.11. The monoisotopic (exact) mass is 314 g/mol. The van der Waals surface area contributed by atoms with E-state index in [-0.39, 0.29) is 17.2 Å². The third kappa shape index (κ3) is 5.02. The lowest BCUT2D eigenvalue weighted by Gasteiger charge is -2.12. The van der Waals surface area contributed by atoms with Crippen molar-refractivity contribution in [2.75, 3.05) is 24.4 Å². The van der Waals surface area contributed by atoms with Crippen LogP contribution >= 0.6 is 23.5 Å². The average molecular weight is 314 g/mol. The summed E-state index contributed by atoms with van der Waals surface area (Å²) in [6.07, 6.45) is 2.84. The molecule has 5 heteroatoms. The quantitative estimate of drug-likeness (QED) is 0.412. The van der Waals surface area contributed by atoms with Crippen molar-refractivity contribution < 1.29 is 13.9 Å². The van der Waals surface area contributed by atoms with E-state index in [1.54, 1.807) is 11.8 Å². The number of carbonyl (C=O) groups is 1. The van der Waals surface area contributed by atoms with E-state index in [0.29, 0.717) is 6.42 Å². The Morgan fingerprint density at radius 1 is 1.30 bits per heavy atom. The largest absolute Gasteiger partial charge is 0.469 e. The Bertz CT molecular complexity index is 444. The van der Waals surface area contributed by atoms with E-state index in [0.717, 1.165) is 35.0 Å². The summed E-state index contributed by atoms with van der Waals surface area (Å²) < 4.78 is 17.5. The number of benzene rings is 1. The summed E-state index contributed by atoms with van der Waals surface area (Å²) in [7, 11) is 1.45. The Morgan fingerprint density at radius 3 is 2.60 bits per heavy atom. The van der Waals surface area contributed by atoms with Gasteiger partial charge in [0.25, 0.3) is 0 Å². The molecule has 1 fully saturated rings. The summed E-state index contributed by atoms with van der Waals surface area (Å²) in [6.45, 7) is 0. The molecule has 0 N–H and O–H groups in total. The highest BCUT2D eigenvalue weighted by atomic mass is 32.2. The molecule has 0 bridgehead atoms. The number of carbonyl (C=O) groups excluding carboxylic acids is 1. The SMILES string of the molecule is COC(=O)CC1(CSCCSc2ccc(F)cc2)CC1. The minimum Gasteiger partial charge on any atom is -0.469 e. The first-order valence-electron chi connectivity index (χ1n) is 6.66. The molecule has 0 aromatic heterocycles. The van der Waals surface area contributed by atoms with Gasteiger partial charge < -0.3 is 4.74 Å². The van der Waals surface area contributed by atoms with Crippen LogP contribution in [0.3, 0.4) is 0 Å². The number of ether oxygens (including phenoxy) is 1. The van der Waals surface area contributed by atoms with Crippen LogP contribution in [0.1, 0.15) is 19.3 Å². The highest BCUT2D eigenvalue weighted by Gasteiger charge is 2.44. The number of hydrogen-bond donors (Lipinski definition) is 0. The fraction of sp³-hybridized carbons (Fsp3) is 0.533. The van der Waals surface area contributed by atoms with Gasteiger partial charge in [-0.1, -0.05) is 0 Å². The number of halogens is 1. The van der Waals surface area contributed by atoms with Crippen molar-refractivity contribution in [1.29, 1.82) is 0 Å². The Hall–Kier alpha value is -0.680. The fourth-order valence-corrected chi connectivity index (χ4v) is 4.30. The number of hydrogen-bond acceptors (Lipinski definition) is 4. The summed E-state index contributed by atoms with van der Waals surface area (Å²) in [6, 6.07) is 6.60. The van der Waals surface area contributed by atoms with Gasteiger partial charge in [-0.15, -0.1) is 11.8 Å². The van der Waals surface area contributed by atoms with E-state index in [9.17, 15) is 9.18 Å². The van der Waals surface area contributed by atoms with Gasteiger partial charge in [0.05, 0.1) is 13.5 Å². The highest BCUT2D eigenvalue weighted by molar-refractivity contribution is 8.03. The maximum absolute atomic E-state index is 12.8. The zero-order valence-electron chi connectivity index (χ0n) is 11.6. The lowest BCUT2D eigenvalue weighted by Crippen LogP contribution is -2.13. The molecule has 110 valence electrons. The normalized spacial score (nSPS) is 15.9. The molecule has 1 aliphatic carbocycles. The predicted octanol–water partition coefficient (Wildman–Crippen LogP) is 3.99. The Balaban J connectivity index is 1.60. The second-order valence-corrected chi connectivity index (χ2v) is 7.38. The molecule has 0 saturated heterocycles. The standard InChI is InChI=1S/C15H19FO2S2/c1-18-14(17)10-15(6-7-15)11-19-8-9-20-13-4-2-12(16)3-5-13/h2-5H,6-11H2,1H3. The molecule has 20 heavy (non-hydrogen) atoms. The third-order valence-corrected chi connectivity index (χ3v) is 6.00. The van der Waals surface area contributed by atoms with Crippen molar-refractivity contribution in [1.82, 2.24) is 0 Å². The van der Waals surface area contributed by atoms with Crippen molar-refractivity contribution in [3.63, 3.8) is 0 Å². The van der Waals surface area contributed by atoms with Crippen LogP contribution in [-0.2, 0) is 9.53 Å². The van der Waals surface area contributed by atoms with E-state index in [1.807, 2.05) is 23.9 Å². The van der Waals surface area contributed by atoms with Crippen molar-refractivity contribution in [3.8, 4) is 0 Å². The predicted molar refractivity (Wildman–Crippen MR) is 82.7 cm³/mol. The number of rotatable bonds is 8. The van der Waals surface area contributed by atoms with E-state index >= 15 is 0 Å². The highest BCUT2D eigenvalue weighted by Crippen LogP contribution is 2.51. The van der Waals surface area contributed by atoms with Crippen LogP contribution in [0.2, 0.25) is 0 Å². The first kappa shape index (κ1) is 15.7. The maximum Gasteiger partial charge on any atom is 0.306 e. The van der Waals surface area contributed by atoms with Gasteiger partial charge in [0, 0.05) is 16.4 Å². The van der Waals surface area contributed by atoms with Crippen LogP contribution in [0.15, 0.2) is 29.2 Å². The van der Waals surface area contributed by atoms with Crippen LogP contribution in [0.25, 0.3) is 0 Å². The van der Waals surface area contributed by atoms with Crippen molar-refractivity contribution >= 4 is 29.5 Å². The fourth-order valence-electron chi connectivity index (χ4n) is 1.97. The van der Waals surface area contributed by atoms with Gasteiger partial charge >= 0.3 is 5.97 Å². The smallest absolute Gasteiger partial charge is 0.306 e. The van der Waals surface area contributed by atoms with Gasteiger partial charge in [-0.25, -0.2) is 4.39 Å². The zero-order chi connectivity index (χ0) is 14.4. The average Bonchev–Trinajstić information content (AvgIpc) is 3.20. The third-order valence-electron chi connectivity index (χ3n) is 3.42. The molecule has 1 aromatic carbocycles. The van der Waals surface area contributed by atoms with Crippen molar-refractivity contribution in [3.05, 3.63) is 30.1 Å². The molecule has 2 nitrogen and oxygen atoms in total. The van der Waals surface area contributed by atoms with E-state index in [2.05, 4.69) is 0 Å². The van der Waals surface area contributed by atoms with Crippen LogP contribution in [0.4, 0.5) is 4.39 Å². The first-order chi connectivity index (χ1) is 9.63. The molecule has 1 aliphatic rings. The Morgan fingerprint density at radius 2 is 2.00 bits per heavy atom. The first-order valence-corrected chi connectivity index (χ1v) is 8.81. The summed E-state index contributed by atoms with van der Waals surface area (Å²) in [5.74, 6) is 2.80.